The lowest BCUT2D eigenvalue weighted by atomic mass is 9.98. The maximum absolute atomic E-state index is 10.6. The van der Waals surface area contributed by atoms with Crippen LogP contribution in [0.3, 0.4) is 0 Å². The largest absolute Gasteiger partial charge is 0.373 e. The van der Waals surface area contributed by atoms with Crippen molar-refractivity contribution in [1.82, 2.24) is 5.32 Å². The SMILES string of the molecule is NC(=O)NCC(CC1CO1)CC1CO1. The van der Waals surface area contributed by atoms with E-state index in [0.29, 0.717) is 24.7 Å². The smallest absolute Gasteiger partial charge is 0.312 e. The zero-order valence-corrected chi connectivity index (χ0v) is 8.07. The van der Waals surface area contributed by atoms with Crippen molar-refractivity contribution in [3.05, 3.63) is 0 Å². The van der Waals surface area contributed by atoms with Gasteiger partial charge in [-0.3, -0.25) is 0 Å². The van der Waals surface area contributed by atoms with Crippen LogP contribution in [-0.2, 0) is 9.47 Å². The minimum Gasteiger partial charge on any atom is -0.373 e. The molecule has 2 aliphatic rings. The maximum atomic E-state index is 10.6. The van der Waals surface area contributed by atoms with Gasteiger partial charge in [-0.25, -0.2) is 4.79 Å². The molecule has 0 aliphatic carbocycles. The van der Waals surface area contributed by atoms with E-state index in [1.807, 2.05) is 0 Å². The molecule has 2 amide bonds. The van der Waals surface area contributed by atoms with Gasteiger partial charge in [0.25, 0.3) is 0 Å². The highest BCUT2D eigenvalue weighted by Gasteiger charge is 2.31. The van der Waals surface area contributed by atoms with Crippen LogP contribution in [0.2, 0.25) is 0 Å². The first-order valence-electron chi connectivity index (χ1n) is 5.00. The second-order valence-electron chi connectivity index (χ2n) is 3.99. The Labute approximate surface area is 82.9 Å². The number of carbonyl (C=O) groups excluding carboxylic acids is 1. The summed E-state index contributed by atoms with van der Waals surface area (Å²) < 4.78 is 10.3. The summed E-state index contributed by atoms with van der Waals surface area (Å²) in [6.45, 7) is 2.35. The lowest BCUT2D eigenvalue weighted by Gasteiger charge is -2.14. The number of carbonyl (C=O) groups is 1. The van der Waals surface area contributed by atoms with Gasteiger partial charge in [-0.2, -0.15) is 0 Å². The quantitative estimate of drug-likeness (QED) is 0.585. The highest BCUT2D eigenvalue weighted by atomic mass is 16.6. The van der Waals surface area contributed by atoms with Crippen LogP contribution < -0.4 is 11.1 Å². The number of hydrogen-bond donors (Lipinski definition) is 2. The number of nitrogens with two attached hydrogens (primary N) is 1. The Morgan fingerprint density at radius 2 is 1.86 bits per heavy atom. The van der Waals surface area contributed by atoms with E-state index in [1.54, 1.807) is 0 Å². The van der Waals surface area contributed by atoms with Gasteiger partial charge in [-0.15, -0.1) is 0 Å². The topological polar surface area (TPSA) is 80.2 Å². The van der Waals surface area contributed by atoms with E-state index < -0.39 is 6.03 Å². The number of hydrogen-bond acceptors (Lipinski definition) is 3. The summed E-state index contributed by atoms with van der Waals surface area (Å²) >= 11 is 0. The van der Waals surface area contributed by atoms with Crippen molar-refractivity contribution in [2.24, 2.45) is 11.7 Å². The van der Waals surface area contributed by atoms with Gasteiger partial charge >= 0.3 is 6.03 Å². The van der Waals surface area contributed by atoms with Crippen LogP contribution >= 0.6 is 0 Å². The molecule has 0 radical (unpaired) electrons. The molecule has 2 heterocycles. The van der Waals surface area contributed by atoms with Gasteiger partial charge < -0.3 is 20.5 Å². The Bertz CT molecular complexity index is 200. The third-order valence-corrected chi connectivity index (χ3v) is 2.56. The van der Waals surface area contributed by atoms with Crippen LogP contribution in [0, 0.1) is 5.92 Å². The number of primary amides is 1. The fourth-order valence-corrected chi connectivity index (χ4v) is 1.66. The predicted octanol–water partition coefficient (Wildman–Crippen LogP) is -0.151. The highest BCUT2D eigenvalue weighted by molar-refractivity contribution is 5.71. The summed E-state index contributed by atoms with van der Waals surface area (Å²) in [4.78, 5) is 10.6. The lowest BCUT2D eigenvalue weighted by Crippen LogP contribution is -2.34. The standard InChI is InChI=1S/C9H16N2O3/c10-9(12)11-3-6(1-7-4-13-7)2-8-5-14-8/h6-8H,1-5H2,(H3,10,11,12). The van der Waals surface area contributed by atoms with Gasteiger partial charge in [0.1, 0.15) is 0 Å². The van der Waals surface area contributed by atoms with E-state index in [0.717, 1.165) is 26.1 Å². The second-order valence-corrected chi connectivity index (χ2v) is 3.99. The number of nitrogens with one attached hydrogen (secondary N) is 1. The first kappa shape index (κ1) is 9.73. The highest BCUT2D eigenvalue weighted by Crippen LogP contribution is 2.26. The summed E-state index contributed by atoms with van der Waals surface area (Å²) in [6.07, 6.45) is 2.79. The van der Waals surface area contributed by atoms with Crippen LogP contribution in [-0.4, -0.2) is 38.0 Å². The summed E-state index contributed by atoms with van der Waals surface area (Å²) in [6, 6.07) is -0.455. The molecule has 2 saturated heterocycles. The fraction of sp³-hybridized carbons (Fsp3) is 0.889. The van der Waals surface area contributed by atoms with Crippen molar-refractivity contribution < 1.29 is 14.3 Å². The molecule has 0 aromatic rings. The van der Waals surface area contributed by atoms with Crippen molar-refractivity contribution >= 4 is 6.03 Å². The van der Waals surface area contributed by atoms with Crippen LogP contribution in [0.5, 0.6) is 0 Å². The molecular formula is C9H16N2O3. The normalized spacial score (nSPS) is 30.9. The average Bonchev–Trinajstić information content (AvgIpc) is 2.93. The molecule has 2 fully saturated rings. The molecule has 2 atom stereocenters. The molecule has 3 N–H and O–H groups in total. The molecule has 2 rings (SSSR count). The third-order valence-electron chi connectivity index (χ3n) is 2.56. The van der Waals surface area contributed by atoms with Crippen LogP contribution in [0.4, 0.5) is 4.79 Å². The second kappa shape index (κ2) is 4.14. The molecular weight excluding hydrogens is 184 g/mol. The Morgan fingerprint density at radius 1 is 1.36 bits per heavy atom. The molecule has 0 spiro atoms. The van der Waals surface area contributed by atoms with Gasteiger partial charge in [-0.05, 0) is 18.8 Å². The van der Waals surface area contributed by atoms with Crippen molar-refractivity contribution in [1.29, 1.82) is 0 Å². The monoisotopic (exact) mass is 200 g/mol. The Balaban J connectivity index is 1.68. The van der Waals surface area contributed by atoms with Crippen LogP contribution in [0.1, 0.15) is 12.8 Å². The maximum Gasteiger partial charge on any atom is 0.312 e. The first-order valence-corrected chi connectivity index (χ1v) is 5.00. The van der Waals surface area contributed by atoms with E-state index >= 15 is 0 Å². The summed E-state index contributed by atoms with van der Waals surface area (Å²) in [7, 11) is 0. The number of epoxide rings is 2. The molecule has 0 bridgehead atoms. The molecule has 2 aliphatic heterocycles. The van der Waals surface area contributed by atoms with E-state index in [2.05, 4.69) is 5.32 Å². The molecule has 5 heteroatoms. The Hall–Kier alpha value is -0.810. The Kier molecular flexibility index (Phi) is 2.88. The number of amides is 2. The van der Waals surface area contributed by atoms with Gasteiger partial charge in [0.2, 0.25) is 0 Å². The average molecular weight is 200 g/mol. The number of urea groups is 1. The number of rotatable bonds is 6. The van der Waals surface area contributed by atoms with Gasteiger partial charge in [-0.1, -0.05) is 0 Å². The third kappa shape index (κ3) is 3.51. The van der Waals surface area contributed by atoms with Gasteiger partial charge in [0.15, 0.2) is 0 Å². The first-order chi connectivity index (χ1) is 6.74. The zero-order chi connectivity index (χ0) is 9.97. The lowest BCUT2D eigenvalue weighted by molar-refractivity contribution is 0.243. The minimum atomic E-state index is -0.455. The molecule has 0 saturated carbocycles. The minimum absolute atomic E-state index is 0.397. The van der Waals surface area contributed by atoms with Crippen molar-refractivity contribution in [3.63, 3.8) is 0 Å². The summed E-state index contributed by atoms with van der Waals surface area (Å²) in [5.41, 5.74) is 5.02. The fourth-order valence-electron chi connectivity index (χ4n) is 1.66. The molecule has 14 heavy (non-hydrogen) atoms. The van der Waals surface area contributed by atoms with Gasteiger partial charge in [0.05, 0.1) is 25.4 Å². The Morgan fingerprint density at radius 3 is 2.21 bits per heavy atom. The molecule has 0 aromatic carbocycles. The summed E-state index contributed by atoms with van der Waals surface area (Å²) in [5, 5.41) is 2.64. The van der Waals surface area contributed by atoms with Crippen molar-refractivity contribution in [2.45, 2.75) is 25.0 Å². The van der Waals surface area contributed by atoms with E-state index in [4.69, 9.17) is 15.2 Å². The molecule has 2 unspecified atom stereocenters. The van der Waals surface area contributed by atoms with E-state index in [-0.39, 0.29) is 0 Å². The molecule has 80 valence electrons. The van der Waals surface area contributed by atoms with E-state index in [1.165, 1.54) is 0 Å². The van der Waals surface area contributed by atoms with Crippen LogP contribution in [0.25, 0.3) is 0 Å². The number of ether oxygens (including phenoxy) is 2. The van der Waals surface area contributed by atoms with Gasteiger partial charge in [0, 0.05) is 6.54 Å². The molecule has 5 nitrogen and oxygen atoms in total. The molecule has 0 aromatic heterocycles. The van der Waals surface area contributed by atoms with E-state index in [9.17, 15) is 4.79 Å². The zero-order valence-electron chi connectivity index (χ0n) is 8.07. The van der Waals surface area contributed by atoms with Crippen molar-refractivity contribution in [2.75, 3.05) is 19.8 Å². The van der Waals surface area contributed by atoms with Crippen molar-refractivity contribution in [3.8, 4) is 0 Å². The summed E-state index contributed by atoms with van der Waals surface area (Å²) in [5.74, 6) is 0.433. The van der Waals surface area contributed by atoms with Crippen LogP contribution in [0.15, 0.2) is 0 Å². The predicted molar refractivity (Wildman–Crippen MR) is 49.8 cm³/mol.